The molecule has 0 aromatic heterocycles. The first kappa shape index (κ1) is 18.4. The van der Waals surface area contributed by atoms with Crippen LogP contribution in [0.25, 0.3) is 0 Å². The highest BCUT2D eigenvalue weighted by Gasteiger charge is 2.32. The van der Waals surface area contributed by atoms with E-state index in [2.05, 4.69) is 11.4 Å². The van der Waals surface area contributed by atoms with Crippen molar-refractivity contribution in [1.82, 2.24) is 0 Å². The summed E-state index contributed by atoms with van der Waals surface area (Å²) in [5.41, 5.74) is 3.00. The van der Waals surface area contributed by atoms with Gasteiger partial charge in [0, 0.05) is 16.1 Å². The zero-order chi connectivity index (χ0) is 19.3. The average Bonchev–Trinajstić information content (AvgIpc) is 2.77. The van der Waals surface area contributed by atoms with Crippen molar-refractivity contribution in [1.29, 1.82) is 0 Å². The van der Waals surface area contributed by atoms with Crippen LogP contribution in [0.3, 0.4) is 0 Å². The molecule has 1 aliphatic rings. The molecule has 4 nitrogen and oxygen atoms in total. The van der Waals surface area contributed by atoms with Crippen LogP contribution in [-0.4, -0.2) is 19.4 Å². The minimum Gasteiger partial charge on any atom is -0.493 e. The van der Waals surface area contributed by atoms with Crippen molar-refractivity contribution in [3.8, 4) is 11.5 Å². The lowest BCUT2D eigenvalue weighted by Crippen LogP contribution is -2.30. The van der Waals surface area contributed by atoms with Crippen LogP contribution in [-0.2, 0) is 11.4 Å². The van der Waals surface area contributed by atoms with Gasteiger partial charge in [0.25, 0.3) is 0 Å². The molecule has 2 unspecified atom stereocenters. The quantitative estimate of drug-likeness (QED) is 0.593. The molecular formula is C23H21NO3S. The summed E-state index contributed by atoms with van der Waals surface area (Å²) in [5.74, 6) is 1.34. The van der Waals surface area contributed by atoms with Gasteiger partial charge in [0.2, 0.25) is 0 Å². The van der Waals surface area contributed by atoms with Crippen LogP contribution < -0.4 is 14.8 Å². The van der Waals surface area contributed by atoms with E-state index in [1.165, 1.54) is 0 Å². The molecule has 0 amide bonds. The second-order valence-corrected chi connectivity index (χ2v) is 7.68. The molecule has 3 aromatic carbocycles. The predicted molar refractivity (Wildman–Crippen MR) is 112 cm³/mol. The molecular weight excluding hydrogens is 370 g/mol. The number of para-hydroxylation sites is 2. The van der Waals surface area contributed by atoms with Crippen LogP contribution >= 0.6 is 11.8 Å². The SMILES string of the molecule is COc1cccc(C2Sc3ccccc3NC2C=O)c1OCc1ccccc1. The minimum absolute atomic E-state index is 0.117. The van der Waals surface area contributed by atoms with Gasteiger partial charge in [-0.3, -0.25) is 0 Å². The fourth-order valence-corrected chi connectivity index (χ4v) is 4.59. The van der Waals surface area contributed by atoms with E-state index in [1.54, 1.807) is 18.9 Å². The number of methoxy groups -OCH3 is 1. The van der Waals surface area contributed by atoms with E-state index < -0.39 is 0 Å². The molecule has 1 heterocycles. The van der Waals surface area contributed by atoms with Crippen LogP contribution in [0.5, 0.6) is 11.5 Å². The summed E-state index contributed by atoms with van der Waals surface area (Å²) in [6, 6.07) is 23.5. The Balaban J connectivity index is 1.69. The molecule has 0 radical (unpaired) electrons. The van der Waals surface area contributed by atoms with Crippen LogP contribution in [0, 0.1) is 0 Å². The molecule has 0 aliphatic carbocycles. The summed E-state index contributed by atoms with van der Waals surface area (Å²) in [6.07, 6.45) is 0.966. The number of nitrogens with one attached hydrogen (secondary N) is 1. The number of fused-ring (bicyclic) bond motifs is 1. The molecule has 1 N–H and O–H groups in total. The molecule has 142 valence electrons. The third-order valence-corrected chi connectivity index (χ3v) is 6.11. The summed E-state index contributed by atoms with van der Waals surface area (Å²) in [4.78, 5) is 13.0. The molecule has 2 atom stereocenters. The number of hydrogen-bond acceptors (Lipinski definition) is 5. The normalized spacial score (nSPS) is 17.9. The van der Waals surface area contributed by atoms with E-state index >= 15 is 0 Å². The lowest BCUT2D eigenvalue weighted by molar-refractivity contribution is -0.108. The van der Waals surface area contributed by atoms with Gasteiger partial charge in [-0.05, 0) is 23.8 Å². The number of rotatable bonds is 6. The summed E-state index contributed by atoms with van der Waals surface area (Å²) in [5, 5.41) is 3.23. The Morgan fingerprint density at radius 3 is 2.57 bits per heavy atom. The Morgan fingerprint density at radius 2 is 1.79 bits per heavy atom. The maximum Gasteiger partial charge on any atom is 0.166 e. The molecule has 0 fully saturated rings. The van der Waals surface area contributed by atoms with E-state index in [4.69, 9.17) is 9.47 Å². The molecule has 0 bridgehead atoms. The van der Waals surface area contributed by atoms with E-state index in [0.717, 1.165) is 28.0 Å². The summed E-state index contributed by atoms with van der Waals surface area (Å²) >= 11 is 1.67. The number of anilines is 1. The molecule has 0 saturated heterocycles. The third-order valence-electron chi connectivity index (χ3n) is 4.70. The lowest BCUT2D eigenvalue weighted by atomic mass is 10.0. The van der Waals surface area contributed by atoms with Crippen molar-refractivity contribution in [2.24, 2.45) is 0 Å². The molecule has 0 saturated carbocycles. The molecule has 5 heteroatoms. The average molecular weight is 391 g/mol. The Kier molecular flexibility index (Phi) is 5.53. The first-order valence-corrected chi connectivity index (χ1v) is 9.99. The summed E-state index contributed by atoms with van der Waals surface area (Å²) in [7, 11) is 1.63. The van der Waals surface area contributed by atoms with Crippen molar-refractivity contribution in [3.05, 3.63) is 83.9 Å². The van der Waals surface area contributed by atoms with Crippen molar-refractivity contribution < 1.29 is 14.3 Å². The van der Waals surface area contributed by atoms with Gasteiger partial charge in [0.05, 0.1) is 18.4 Å². The molecule has 3 aromatic rings. The van der Waals surface area contributed by atoms with E-state index in [0.29, 0.717) is 18.1 Å². The second-order valence-electron chi connectivity index (χ2n) is 6.49. The molecule has 0 spiro atoms. The monoisotopic (exact) mass is 391 g/mol. The number of ether oxygens (including phenoxy) is 2. The fraction of sp³-hybridized carbons (Fsp3) is 0.174. The second kappa shape index (κ2) is 8.40. The van der Waals surface area contributed by atoms with Crippen LogP contribution in [0.4, 0.5) is 5.69 Å². The molecule has 1 aliphatic heterocycles. The maximum atomic E-state index is 11.9. The lowest BCUT2D eigenvalue weighted by Gasteiger charge is -2.32. The van der Waals surface area contributed by atoms with Crippen molar-refractivity contribution in [2.45, 2.75) is 22.8 Å². The van der Waals surface area contributed by atoms with Crippen molar-refractivity contribution >= 4 is 23.7 Å². The Morgan fingerprint density at radius 1 is 1.00 bits per heavy atom. The van der Waals surface area contributed by atoms with Crippen molar-refractivity contribution in [2.75, 3.05) is 12.4 Å². The van der Waals surface area contributed by atoms with E-state index in [-0.39, 0.29) is 11.3 Å². The minimum atomic E-state index is -0.355. The fourth-order valence-electron chi connectivity index (χ4n) is 3.32. The smallest absolute Gasteiger partial charge is 0.166 e. The number of hydrogen-bond donors (Lipinski definition) is 1. The first-order valence-electron chi connectivity index (χ1n) is 9.11. The van der Waals surface area contributed by atoms with Crippen LogP contribution in [0.1, 0.15) is 16.4 Å². The van der Waals surface area contributed by atoms with Crippen LogP contribution in [0.2, 0.25) is 0 Å². The van der Waals surface area contributed by atoms with Gasteiger partial charge in [-0.2, -0.15) is 0 Å². The number of benzene rings is 3. The maximum absolute atomic E-state index is 11.9. The topological polar surface area (TPSA) is 47.6 Å². The Bertz CT molecular complexity index is 961. The van der Waals surface area contributed by atoms with Gasteiger partial charge in [-0.15, -0.1) is 11.8 Å². The Hall–Kier alpha value is -2.92. The van der Waals surface area contributed by atoms with E-state index in [1.807, 2.05) is 66.7 Å². The number of carbonyl (C=O) groups is 1. The largest absolute Gasteiger partial charge is 0.493 e. The van der Waals surface area contributed by atoms with Gasteiger partial charge in [0.1, 0.15) is 12.9 Å². The highest BCUT2D eigenvalue weighted by Crippen LogP contribution is 2.49. The van der Waals surface area contributed by atoms with Crippen molar-refractivity contribution in [3.63, 3.8) is 0 Å². The van der Waals surface area contributed by atoms with Gasteiger partial charge in [-0.25, -0.2) is 0 Å². The number of aldehydes is 1. The van der Waals surface area contributed by atoms with Gasteiger partial charge < -0.3 is 19.6 Å². The predicted octanol–water partition coefficient (Wildman–Crippen LogP) is 5.10. The molecule has 28 heavy (non-hydrogen) atoms. The zero-order valence-electron chi connectivity index (χ0n) is 15.5. The summed E-state index contributed by atoms with van der Waals surface area (Å²) in [6.45, 7) is 0.432. The Labute approximate surface area is 168 Å². The summed E-state index contributed by atoms with van der Waals surface area (Å²) < 4.78 is 11.8. The molecule has 4 rings (SSSR count). The zero-order valence-corrected chi connectivity index (χ0v) is 16.3. The van der Waals surface area contributed by atoms with Gasteiger partial charge in [0.15, 0.2) is 11.5 Å². The van der Waals surface area contributed by atoms with Crippen LogP contribution in [0.15, 0.2) is 77.7 Å². The highest BCUT2D eigenvalue weighted by molar-refractivity contribution is 7.99. The van der Waals surface area contributed by atoms with Gasteiger partial charge >= 0.3 is 0 Å². The standard InChI is InChI=1S/C23H21NO3S/c1-26-20-12-7-10-17(22(20)27-15-16-8-3-2-4-9-16)23-19(14-25)24-18-11-5-6-13-21(18)28-23/h2-14,19,23-24H,15H2,1H3. The number of carbonyl (C=O) groups excluding carboxylic acids is 1. The highest BCUT2D eigenvalue weighted by atomic mass is 32.2. The van der Waals surface area contributed by atoms with Gasteiger partial charge in [-0.1, -0.05) is 54.6 Å². The first-order chi connectivity index (χ1) is 13.8. The van der Waals surface area contributed by atoms with E-state index in [9.17, 15) is 4.79 Å². The third kappa shape index (κ3) is 3.71. The number of thioether (sulfide) groups is 1.